The molecule has 5 heteroatoms. The Balaban J connectivity index is 1.55. The van der Waals surface area contributed by atoms with Crippen molar-refractivity contribution in [3.63, 3.8) is 0 Å². The maximum Gasteiger partial charge on any atom is 0.201 e. The van der Waals surface area contributed by atoms with Crippen molar-refractivity contribution in [2.75, 3.05) is 0 Å². The fraction of sp³-hybridized carbons (Fsp3) is 0.333. The normalized spacial score (nSPS) is 18.2. The van der Waals surface area contributed by atoms with Gasteiger partial charge in [-0.2, -0.15) is 4.39 Å². The van der Waals surface area contributed by atoms with E-state index in [2.05, 4.69) is 6.92 Å². The van der Waals surface area contributed by atoms with Gasteiger partial charge in [0.15, 0.2) is 23.2 Å². The van der Waals surface area contributed by atoms with Crippen LogP contribution in [0.5, 0.6) is 5.75 Å². The molecule has 0 atom stereocenters. The Kier molecular flexibility index (Phi) is 7.94. The lowest BCUT2D eigenvalue weighted by atomic mass is 9.79. The number of unbranched alkanes of at least 4 members (excludes halogenated alkanes) is 1. The zero-order valence-electron chi connectivity index (χ0n) is 20.1. The quantitative estimate of drug-likeness (QED) is 0.241. The van der Waals surface area contributed by atoms with Gasteiger partial charge in [0.1, 0.15) is 0 Å². The Morgan fingerprint density at radius 3 is 1.91 bits per heavy atom. The molecule has 0 aromatic heterocycles. The molecule has 1 saturated carbocycles. The predicted octanol–water partition coefficient (Wildman–Crippen LogP) is 9.56. The molecule has 0 amide bonds. The summed E-state index contributed by atoms with van der Waals surface area (Å²) in [5.74, 6) is -3.28. The van der Waals surface area contributed by atoms with Crippen LogP contribution in [0.4, 0.5) is 17.6 Å². The standard InChI is InChI=1S/C30H30F4O/c1-3-4-5-18-35-26-17-16-25(29(33)30(26)34)22-12-10-21(11-13-22)24-15-14-23(27(31)28(24)32)20-8-6-19(2)7-9-20/h5,10-20H,3-4,6-9H2,1-2H3/b18-5-. The second kappa shape index (κ2) is 11.1. The van der Waals surface area contributed by atoms with Crippen molar-refractivity contribution in [1.29, 1.82) is 0 Å². The van der Waals surface area contributed by atoms with Crippen LogP contribution in [0, 0.1) is 29.2 Å². The first-order chi connectivity index (χ1) is 16.9. The summed E-state index contributed by atoms with van der Waals surface area (Å²) in [5, 5.41) is 0. The number of rotatable bonds is 7. The molecular formula is C30H30F4O. The molecule has 1 fully saturated rings. The van der Waals surface area contributed by atoms with Gasteiger partial charge in [-0.15, -0.1) is 0 Å². The highest BCUT2D eigenvalue weighted by Gasteiger charge is 2.25. The zero-order chi connectivity index (χ0) is 24.9. The van der Waals surface area contributed by atoms with Crippen molar-refractivity contribution in [3.05, 3.63) is 89.7 Å². The first-order valence-electron chi connectivity index (χ1n) is 12.3. The van der Waals surface area contributed by atoms with Crippen molar-refractivity contribution in [3.8, 4) is 28.0 Å². The number of ether oxygens (including phenoxy) is 1. The van der Waals surface area contributed by atoms with Crippen molar-refractivity contribution in [2.45, 2.75) is 58.3 Å². The van der Waals surface area contributed by atoms with Gasteiger partial charge < -0.3 is 4.74 Å². The van der Waals surface area contributed by atoms with Gasteiger partial charge in [0.25, 0.3) is 0 Å². The lowest BCUT2D eigenvalue weighted by Gasteiger charge is -2.27. The summed E-state index contributed by atoms with van der Waals surface area (Å²) in [4.78, 5) is 0. The van der Waals surface area contributed by atoms with E-state index in [9.17, 15) is 13.2 Å². The van der Waals surface area contributed by atoms with Crippen LogP contribution in [0.1, 0.15) is 63.9 Å². The molecule has 184 valence electrons. The van der Waals surface area contributed by atoms with Gasteiger partial charge in [-0.1, -0.05) is 69.5 Å². The predicted molar refractivity (Wildman–Crippen MR) is 132 cm³/mol. The second-order valence-corrected chi connectivity index (χ2v) is 9.38. The van der Waals surface area contributed by atoms with Crippen LogP contribution in [0.2, 0.25) is 0 Å². The highest BCUT2D eigenvalue weighted by atomic mass is 19.2. The van der Waals surface area contributed by atoms with Crippen molar-refractivity contribution in [1.82, 2.24) is 0 Å². The lowest BCUT2D eigenvalue weighted by Crippen LogP contribution is -2.13. The molecule has 3 aromatic carbocycles. The number of benzene rings is 3. The molecule has 0 heterocycles. The third-order valence-corrected chi connectivity index (χ3v) is 6.87. The van der Waals surface area contributed by atoms with Crippen LogP contribution in [0.15, 0.2) is 60.9 Å². The highest BCUT2D eigenvalue weighted by Crippen LogP contribution is 2.39. The molecule has 0 radical (unpaired) electrons. The van der Waals surface area contributed by atoms with Crippen molar-refractivity contribution in [2.24, 2.45) is 5.92 Å². The lowest BCUT2D eigenvalue weighted by molar-refractivity contribution is 0.339. The van der Waals surface area contributed by atoms with Crippen LogP contribution in [-0.2, 0) is 0 Å². The van der Waals surface area contributed by atoms with Crippen LogP contribution in [0.25, 0.3) is 22.3 Å². The summed E-state index contributed by atoms with van der Waals surface area (Å²) in [7, 11) is 0. The van der Waals surface area contributed by atoms with Crippen molar-refractivity contribution < 1.29 is 22.3 Å². The smallest absolute Gasteiger partial charge is 0.201 e. The molecule has 0 bridgehead atoms. The van der Waals surface area contributed by atoms with Crippen molar-refractivity contribution >= 4 is 0 Å². The molecule has 1 aliphatic rings. The van der Waals surface area contributed by atoms with Gasteiger partial charge in [0.05, 0.1) is 6.26 Å². The minimum absolute atomic E-state index is 0.0454. The average molecular weight is 483 g/mol. The Morgan fingerprint density at radius 2 is 1.31 bits per heavy atom. The minimum Gasteiger partial charge on any atom is -0.462 e. The molecule has 0 aliphatic heterocycles. The van der Waals surface area contributed by atoms with E-state index in [0.29, 0.717) is 22.6 Å². The van der Waals surface area contributed by atoms with Gasteiger partial charge in [0, 0.05) is 11.1 Å². The van der Waals surface area contributed by atoms with E-state index in [0.717, 1.165) is 38.5 Å². The molecule has 1 nitrogen and oxygen atoms in total. The van der Waals surface area contributed by atoms with Gasteiger partial charge in [-0.25, -0.2) is 13.2 Å². The number of hydrogen-bond donors (Lipinski definition) is 0. The molecule has 0 N–H and O–H groups in total. The monoisotopic (exact) mass is 482 g/mol. The summed E-state index contributed by atoms with van der Waals surface area (Å²) >= 11 is 0. The van der Waals surface area contributed by atoms with E-state index in [-0.39, 0.29) is 22.8 Å². The summed E-state index contributed by atoms with van der Waals surface area (Å²) in [6.45, 7) is 4.19. The number of halogens is 4. The largest absolute Gasteiger partial charge is 0.462 e. The van der Waals surface area contributed by atoms with E-state index in [1.54, 1.807) is 42.5 Å². The van der Waals surface area contributed by atoms with Gasteiger partial charge in [-0.3, -0.25) is 0 Å². The Hall–Kier alpha value is -3.08. The van der Waals surface area contributed by atoms with Crippen LogP contribution in [0.3, 0.4) is 0 Å². The first kappa shape index (κ1) is 25.0. The SMILES string of the molecule is CCC/C=C\Oc1ccc(-c2ccc(-c3ccc(C4CCC(C)CC4)c(F)c3F)cc2)c(F)c1F. The number of allylic oxidation sites excluding steroid dienone is 1. The maximum absolute atomic E-state index is 15.0. The molecular weight excluding hydrogens is 452 g/mol. The van der Waals surface area contributed by atoms with E-state index < -0.39 is 23.3 Å². The van der Waals surface area contributed by atoms with Crippen LogP contribution >= 0.6 is 0 Å². The number of hydrogen-bond acceptors (Lipinski definition) is 1. The van der Waals surface area contributed by atoms with E-state index in [4.69, 9.17) is 4.74 Å². The molecule has 0 saturated heterocycles. The molecule has 35 heavy (non-hydrogen) atoms. The van der Waals surface area contributed by atoms with Gasteiger partial charge >= 0.3 is 0 Å². The topological polar surface area (TPSA) is 9.23 Å². The third-order valence-electron chi connectivity index (χ3n) is 6.87. The van der Waals surface area contributed by atoms with E-state index in [1.807, 2.05) is 6.92 Å². The van der Waals surface area contributed by atoms with E-state index in [1.165, 1.54) is 18.4 Å². The van der Waals surface area contributed by atoms with Crippen LogP contribution in [-0.4, -0.2) is 0 Å². The Bertz CT molecular complexity index is 1190. The van der Waals surface area contributed by atoms with E-state index >= 15 is 4.39 Å². The molecule has 0 unspecified atom stereocenters. The summed E-state index contributed by atoms with van der Waals surface area (Å²) < 4.78 is 64.4. The zero-order valence-corrected chi connectivity index (χ0v) is 20.1. The summed E-state index contributed by atoms with van der Waals surface area (Å²) in [6.07, 6.45) is 8.58. The Morgan fingerprint density at radius 1 is 0.743 bits per heavy atom. The molecule has 1 aliphatic carbocycles. The first-order valence-corrected chi connectivity index (χ1v) is 12.3. The molecule has 4 rings (SSSR count). The third kappa shape index (κ3) is 5.44. The second-order valence-electron chi connectivity index (χ2n) is 9.38. The Labute approximate surface area is 204 Å². The minimum atomic E-state index is -1.08. The van der Waals surface area contributed by atoms with Crippen LogP contribution < -0.4 is 4.74 Å². The fourth-order valence-corrected chi connectivity index (χ4v) is 4.70. The molecule has 0 spiro atoms. The summed E-state index contributed by atoms with van der Waals surface area (Å²) in [6, 6.07) is 12.4. The average Bonchev–Trinajstić information content (AvgIpc) is 2.87. The van der Waals surface area contributed by atoms with Gasteiger partial charge in [0.2, 0.25) is 5.82 Å². The highest BCUT2D eigenvalue weighted by molar-refractivity contribution is 5.72. The maximum atomic E-state index is 15.0. The summed E-state index contributed by atoms with van der Waals surface area (Å²) in [5.41, 5.74) is 1.55. The van der Waals surface area contributed by atoms with Gasteiger partial charge in [-0.05, 0) is 66.0 Å². The fourth-order valence-electron chi connectivity index (χ4n) is 4.70. The molecule has 3 aromatic rings.